The van der Waals surface area contributed by atoms with E-state index in [1.807, 2.05) is 0 Å². The molecule has 0 N–H and O–H groups in total. The van der Waals surface area contributed by atoms with Crippen molar-refractivity contribution in [2.45, 2.75) is 32.1 Å². The average Bonchev–Trinajstić information content (AvgIpc) is 2.46. The Morgan fingerprint density at radius 2 is 1.95 bits per heavy atom. The molecule has 1 aliphatic heterocycles. The number of nitrogens with zero attached hydrogens (tertiary/aromatic N) is 1. The Labute approximate surface area is 129 Å². The summed E-state index contributed by atoms with van der Waals surface area (Å²) in [5.41, 5.74) is 1.46. The lowest BCUT2D eigenvalue weighted by atomic mass is 9.79. The minimum absolute atomic E-state index is 0.308. The molecule has 0 amide bonds. The first-order valence-electron chi connectivity index (χ1n) is 7.94. The van der Waals surface area contributed by atoms with Crippen molar-refractivity contribution in [1.82, 2.24) is 4.90 Å². The van der Waals surface area contributed by atoms with Crippen LogP contribution in [0.5, 0.6) is 0 Å². The summed E-state index contributed by atoms with van der Waals surface area (Å²) in [6.45, 7) is 5.35. The molecule has 21 heavy (non-hydrogen) atoms. The van der Waals surface area contributed by atoms with Gasteiger partial charge in [-0.25, -0.2) is 8.42 Å². The molecule has 0 spiro atoms. The zero-order valence-corrected chi connectivity index (χ0v) is 14.0. The molecule has 2 rings (SSSR count). The molecular weight excluding hydrogens is 282 g/mol. The molecule has 1 saturated heterocycles. The molecular formula is C17H27NO2S. The van der Waals surface area contributed by atoms with Crippen molar-refractivity contribution >= 4 is 9.84 Å². The lowest BCUT2D eigenvalue weighted by Crippen LogP contribution is -2.40. The van der Waals surface area contributed by atoms with Gasteiger partial charge >= 0.3 is 0 Å². The molecule has 1 aromatic rings. The highest BCUT2D eigenvalue weighted by atomic mass is 32.2. The van der Waals surface area contributed by atoms with Crippen LogP contribution >= 0.6 is 0 Å². The molecule has 0 aromatic heterocycles. The monoisotopic (exact) mass is 309 g/mol. The van der Waals surface area contributed by atoms with Gasteiger partial charge in [0.15, 0.2) is 0 Å². The molecule has 2 unspecified atom stereocenters. The van der Waals surface area contributed by atoms with Crippen LogP contribution in [0, 0.1) is 5.92 Å². The van der Waals surface area contributed by atoms with Crippen LogP contribution in [-0.2, 0) is 9.84 Å². The van der Waals surface area contributed by atoms with Gasteiger partial charge in [0.05, 0.1) is 5.75 Å². The van der Waals surface area contributed by atoms with Crippen LogP contribution in [-0.4, -0.2) is 45.0 Å². The van der Waals surface area contributed by atoms with E-state index in [1.54, 1.807) is 0 Å². The molecule has 1 heterocycles. The van der Waals surface area contributed by atoms with Gasteiger partial charge in [-0.1, -0.05) is 43.7 Å². The van der Waals surface area contributed by atoms with Crippen molar-refractivity contribution < 1.29 is 8.42 Å². The molecule has 0 saturated carbocycles. The van der Waals surface area contributed by atoms with Crippen molar-refractivity contribution in [3.05, 3.63) is 35.9 Å². The summed E-state index contributed by atoms with van der Waals surface area (Å²) in [5.74, 6) is 1.64. The summed E-state index contributed by atoms with van der Waals surface area (Å²) in [6.07, 6.45) is 4.44. The van der Waals surface area contributed by atoms with E-state index in [9.17, 15) is 8.42 Å². The Bertz CT molecular complexity index is 527. The topological polar surface area (TPSA) is 37.4 Å². The van der Waals surface area contributed by atoms with Gasteiger partial charge < -0.3 is 4.90 Å². The molecule has 2 atom stereocenters. The summed E-state index contributed by atoms with van der Waals surface area (Å²) in [4.78, 5) is 2.44. The average molecular weight is 309 g/mol. The number of benzene rings is 1. The summed E-state index contributed by atoms with van der Waals surface area (Å²) in [5, 5.41) is 0. The van der Waals surface area contributed by atoms with E-state index in [-0.39, 0.29) is 0 Å². The Morgan fingerprint density at radius 1 is 1.24 bits per heavy atom. The van der Waals surface area contributed by atoms with E-state index in [1.165, 1.54) is 24.7 Å². The number of piperidine rings is 1. The molecule has 0 bridgehead atoms. The number of likely N-dealkylation sites (tertiary alicyclic amines) is 1. The standard InChI is InChI=1S/C17H27NO2S/c1-3-15-14-18(11-7-13-21(2,19)20)12-10-17(15)16-8-5-4-6-9-16/h4-6,8-9,15,17H,3,7,10-14H2,1-2H3. The lowest BCUT2D eigenvalue weighted by Gasteiger charge is -2.38. The fourth-order valence-corrected chi connectivity index (χ4v) is 4.07. The van der Waals surface area contributed by atoms with E-state index >= 15 is 0 Å². The predicted molar refractivity (Wildman–Crippen MR) is 88.3 cm³/mol. The summed E-state index contributed by atoms with van der Waals surface area (Å²) in [7, 11) is -2.82. The molecule has 0 radical (unpaired) electrons. The third kappa shape index (κ3) is 5.11. The van der Waals surface area contributed by atoms with Crippen LogP contribution in [0.4, 0.5) is 0 Å². The van der Waals surface area contributed by atoms with Crippen LogP contribution in [0.3, 0.4) is 0 Å². The van der Waals surface area contributed by atoms with Gasteiger partial charge in [-0.05, 0) is 43.3 Å². The number of rotatable bonds is 6. The number of sulfone groups is 1. The molecule has 1 fully saturated rings. The largest absolute Gasteiger partial charge is 0.303 e. The summed E-state index contributed by atoms with van der Waals surface area (Å²) >= 11 is 0. The Kier molecular flexibility index (Phi) is 5.82. The summed E-state index contributed by atoms with van der Waals surface area (Å²) < 4.78 is 22.4. The number of hydrogen-bond acceptors (Lipinski definition) is 3. The lowest BCUT2D eigenvalue weighted by molar-refractivity contribution is 0.151. The second-order valence-electron chi connectivity index (χ2n) is 6.26. The van der Waals surface area contributed by atoms with Gasteiger partial charge in [0.25, 0.3) is 0 Å². The zero-order valence-electron chi connectivity index (χ0n) is 13.2. The summed E-state index contributed by atoms with van der Waals surface area (Å²) in [6, 6.07) is 10.8. The number of hydrogen-bond donors (Lipinski definition) is 0. The maximum absolute atomic E-state index is 11.2. The zero-order chi connectivity index (χ0) is 15.3. The van der Waals surface area contributed by atoms with Crippen molar-refractivity contribution in [1.29, 1.82) is 0 Å². The van der Waals surface area contributed by atoms with Gasteiger partial charge in [0, 0.05) is 12.8 Å². The van der Waals surface area contributed by atoms with E-state index in [4.69, 9.17) is 0 Å². The van der Waals surface area contributed by atoms with E-state index in [0.29, 0.717) is 17.6 Å². The Morgan fingerprint density at radius 3 is 2.57 bits per heavy atom. The molecule has 0 aliphatic carbocycles. The quantitative estimate of drug-likeness (QED) is 0.811. The fourth-order valence-electron chi connectivity index (χ4n) is 3.41. The second-order valence-corrected chi connectivity index (χ2v) is 8.52. The van der Waals surface area contributed by atoms with Crippen LogP contribution in [0.1, 0.15) is 37.7 Å². The van der Waals surface area contributed by atoms with E-state index in [0.717, 1.165) is 26.1 Å². The second kappa shape index (κ2) is 7.41. The first kappa shape index (κ1) is 16.5. The third-order valence-electron chi connectivity index (χ3n) is 4.56. The molecule has 118 valence electrons. The predicted octanol–water partition coefficient (Wildman–Crippen LogP) is 2.94. The van der Waals surface area contributed by atoms with E-state index in [2.05, 4.69) is 42.2 Å². The van der Waals surface area contributed by atoms with Crippen molar-refractivity contribution in [2.24, 2.45) is 5.92 Å². The van der Waals surface area contributed by atoms with Gasteiger partial charge in [-0.15, -0.1) is 0 Å². The van der Waals surface area contributed by atoms with Crippen LogP contribution in [0.25, 0.3) is 0 Å². The first-order chi connectivity index (χ1) is 9.99. The molecule has 4 heteroatoms. The van der Waals surface area contributed by atoms with Crippen LogP contribution in [0.15, 0.2) is 30.3 Å². The highest BCUT2D eigenvalue weighted by molar-refractivity contribution is 7.90. The minimum Gasteiger partial charge on any atom is -0.303 e. The van der Waals surface area contributed by atoms with Crippen LogP contribution in [0.2, 0.25) is 0 Å². The third-order valence-corrected chi connectivity index (χ3v) is 5.59. The van der Waals surface area contributed by atoms with Gasteiger partial charge in [-0.3, -0.25) is 0 Å². The molecule has 1 aliphatic rings. The van der Waals surface area contributed by atoms with Gasteiger partial charge in [-0.2, -0.15) is 0 Å². The maximum atomic E-state index is 11.2. The van der Waals surface area contributed by atoms with Crippen molar-refractivity contribution in [3.63, 3.8) is 0 Å². The van der Waals surface area contributed by atoms with Crippen molar-refractivity contribution in [3.8, 4) is 0 Å². The maximum Gasteiger partial charge on any atom is 0.147 e. The highest BCUT2D eigenvalue weighted by Gasteiger charge is 2.28. The minimum atomic E-state index is -2.82. The smallest absolute Gasteiger partial charge is 0.147 e. The molecule has 3 nitrogen and oxygen atoms in total. The fraction of sp³-hybridized carbons (Fsp3) is 0.647. The highest BCUT2D eigenvalue weighted by Crippen LogP contribution is 2.34. The Balaban J connectivity index is 1.89. The van der Waals surface area contributed by atoms with E-state index < -0.39 is 9.84 Å². The normalized spacial score (nSPS) is 24.1. The SMILES string of the molecule is CCC1CN(CCCS(C)(=O)=O)CCC1c1ccccc1. The van der Waals surface area contributed by atoms with Crippen LogP contribution < -0.4 is 0 Å². The van der Waals surface area contributed by atoms with Gasteiger partial charge in [0.1, 0.15) is 9.84 Å². The Hall–Kier alpha value is -0.870. The van der Waals surface area contributed by atoms with Crippen molar-refractivity contribution in [2.75, 3.05) is 31.6 Å². The molecule has 1 aromatic carbocycles. The van der Waals surface area contributed by atoms with Gasteiger partial charge in [0.2, 0.25) is 0 Å². The first-order valence-corrected chi connectivity index (χ1v) is 10.0.